The van der Waals surface area contributed by atoms with Crippen molar-refractivity contribution < 1.29 is 13.9 Å². The van der Waals surface area contributed by atoms with Crippen LogP contribution in [0.4, 0.5) is 10.5 Å². The molecule has 1 N–H and O–H groups in total. The maximum absolute atomic E-state index is 11.8. The monoisotopic (exact) mass is 279 g/mol. The van der Waals surface area contributed by atoms with Crippen LogP contribution in [0.2, 0.25) is 0 Å². The smallest absolute Gasteiger partial charge is 0.417 e. The highest BCUT2D eigenvalue weighted by Gasteiger charge is 2.06. The number of anilines is 1. The summed E-state index contributed by atoms with van der Waals surface area (Å²) < 4.78 is 10.5. The number of benzene rings is 2. The summed E-state index contributed by atoms with van der Waals surface area (Å²) in [6, 6.07) is 20.0. The van der Waals surface area contributed by atoms with Crippen LogP contribution in [0.15, 0.2) is 77.4 Å². The number of furan rings is 1. The first-order valence-corrected chi connectivity index (χ1v) is 6.49. The van der Waals surface area contributed by atoms with E-state index in [4.69, 9.17) is 9.15 Å². The van der Waals surface area contributed by atoms with Crippen molar-refractivity contribution in [2.24, 2.45) is 0 Å². The quantitative estimate of drug-likeness (QED) is 0.764. The second kappa shape index (κ2) is 5.96. The minimum atomic E-state index is -0.530. The molecular formula is C17H13NO3. The lowest BCUT2D eigenvalue weighted by Crippen LogP contribution is -2.16. The van der Waals surface area contributed by atoms with Gasteiger partial charge in [-0.1, -0.05) is 30.3 Å². The lowest BCUT2D eigenvalue weighted by molar-refractivity contribution is 0.215. The molecule has 0 bridgehead atoms. The van der Waals surface area contributed by atoms with E-state index < -0.39 is 6.09 Å². The minimum Gasteiger partial charge on any atom is -0.464 e. The molecule has 0 fully saturated rings. The Hall–Kier alpha value is -3.01. The molecule has 4 nitrogen and oxygen atoms in total. The van der Waals surface area contributed by atoms with Gasteiger partial charge in [0.05, 0.1) is 6.26 Å². The van der Waals surface area contributed by atoms with Gasteiger partial charge in [-0.15, -0.1) is 0 Å². The number of carbonyl (C=O) groups excluding carboxylic acids is 1. The molecule has 0 spiro atoms. The average molecular weight is 279 g/mol. The fourth-order valence-electron chi connectivity index (χ4n) is 1.93. The van der Waals surface area contributed by atoms with Crippen LogP contribution < -0.4 is 10.1 Å². The molecule has 3 rings (SSSR count). The number of rotatable bonds is 3. The molecule has 0 aliphatic rings. The molecule has 1 heterocycles. The van der Waals surface area contributed by atoms with Crippen LogP contribution in [-0.2, 0) is 0 Å². The third-order valence-corrected chi connectivity index (χ3v) is 2.87. The van der Waals surface area contributed by atoms with Crippen molar-refractivity contribution in [3.05, 3.63) is 73.0 Å². The fraction of sp³-hybridized carbons (Fsp3) is 0. The summed E-state index contributed by atoms with van der Waals surface area (Å²) >= 11 is 0. The van der Waals surface area contributed by atoms with Gasteiger partial charge in [-0.2, -0.15) is 0 Å². The van der Waals surface area contributed by atoms with Crippen molar-refractivity contribution in [2.45, 2.75) is 0 Å². The van der Waals surface area contributed by atoms with E-state index in [1.165, 1.54) is 0 Å². The Bertz CT molecular complexity index is 721. The van der Waals surface area contributed by atoms with Gasteiger partial charge in [0, 0.05) is 11.3 Å². The van der Waals surface area contributed by atoms with Crippen molar-refractivity contribution in [2.75, 3.05) is 5.32 Å². The second-order valence-corrected chi connectivity index (χ2v) is 4.39. The van der Waals surface area contributed by atoms with Gasteiger partial charge in [-0.3, -0.25) is 5.32 Å². The summed E-state index contributed by atoms with van der Waals surface area (Å²) in [5, 5.41) is 2.69. The van der Waals surface area contributed by atoms with Gasteiger partial charge in [0.25, 0.3) is 0 Å². The van der Waals surface area contributed by atoms with Gasteiger partial charge < -0.3 is 9.15 Å². The van der Waals surface area contributed by atoms with E-state index in [-0.39, 0.29) is 0 Å². The topological polar surface area (TPSA) is 51.5 Å². The van der Waals surface area contributed by atoms with Crippen molar-refractivity contribution >= 4 is 11.8 Å². The zero-order chi connectivity index (χ0) is 14.5. The predicted molar refractivity (Wildman–Crippen MR) is 80.2 cm³/mol. The minimum absolute atomic E-state index is 0.497. The number of amides is 1. The number of hydrogen-bond donors (Lipinski definition) is 1. The zero-order valence-corrected chi connectivity index (χ0v) is 11.2. The average Bonchev–Trinajstić information content (AvgIpc) is 3.02. The molecule has 1 amide bonds. The molecule has 0 atom stereocenters. The highest BCUT2D eigenvalue weighted by atomic mass is 16.6. The first-order valence-electron chi connectivity index (χ1n) is 6.49. The maximum atomic E-state index is 11.8. The number of nitrogens with one attached hydrogen (secondary N) is 1. The summed E-state index contributed by atoms with van der Waals surface area (Å²) in [6.07, 6.45) is 1.08. The molecule has 0 saturated heterocycles. The molecule has 0 saturated carbocycles. The highest BCUT2D eigenvalue weighted by molar-refractivity contribution is 5.87. The molecule has 0 aliphatic carbocycles. The molecule has 0 unspecified atom stereocenters. The summed E-state index contributed by atoms with van der Waals surface area (Å²) in [6.45, 7) is 0. The van der Waals surface area contributed by atoms with Crippen LogP contribution in [0, 0.1) is 0 Å². The molecular weight excluding hydrogens is 266 g/mol. The van der Waals surface area contributed by atoms with E-state index in [1.807, 2.05) is 36.4 Å². The van der Waals surface area contributed by atoms with Crippen LogP contribution in [0.3, 0.4) is 0 Å². The van der Waals surface area contributed by atoms with Crippen LogP contribution >= 0.6 is 0 Å². The van der Waals surface area contributed by atoms with Crippen LogP contribution in [0.5, 0.6) is 5.75 Å². The summed E-state index contributed by atoms with van der Waals surface area (Å²) in [5.41, 5.74) is 1.53. The van der Waals surface area contributed by atoms with E-state index in [0.717, 1.165) is 11.3 Å². The lowest BCUT2D eigenvalue weighted by atomic mass is 10.1. The van der Waals surface area contributed by atoms with Crippen molar-refractivity contribution in [3.8, 4) is 17.1 Å². The fourth-order valence-corrected chi connectivity index (χ4v) is 1.93. The number of carbonyl (C=O) groups is 1. The lowest BCUT2D eigenvalue weighted by Gasteiger charge is -2.07. The molecule has 21 heavy (non-hydrogen) atoms. The Kier molecular flexibility index (Phi) is 3.69. The largest absolute Gasteiger partial charge is 0.464 e. The zero-order valence-electron chi connectivity index (χ0n) is 11.2. The standard InChI is InChI=1S/C17H13NO3/c19-17(21-15-8-2-1-3-9-15)18-14-7-4-6-13(12-14)16-10-5-11-20-16/h1-12H,(H,18,19). The van der Waals surface area contributed by atoms with Crippen molar-refractivity contribution in [1.29, 1.82) is 0 Å². The number of hydrogen-bond acceptors (Lipinski definition) is 3. The van der Waals surface area contributed by atoms with Gasteiger partial charge in [-0.25, -0.2) is 4.79 Å². The predicted octanol–water partition coefficient (Wildman–Crippen LogP) is 4.56. The van der Waals surface area contributed by atoms with E-state index in [1.54, 1.807) is 36.6 Å². The first kappa shape index (κ1) is 13.0. The van der Waals surface area contributed by atoms with Crippen molar-refractivity contribution in [1.82, 2.24) is 0 Å². The Balaban J connectivity index is 1.70. The van der Waals surface area contributed by atoms with E-state index in [2.05, 4.69) is 5.32 Å². The van der Waals surface area contributed by atoms with Gasteiger partial charge in [0.2, 0.25) is 0 Å². The Morgan fingerprint density at radius 1 is 0.952 bits per heavy atom. The Labute approximate surface area is 122 Å². The maximum Gasteiger partial charge on any atom is 0.417 e. The molecule has 3 aromatic rings. The molecule has 0 aliphatic heterocycles. The van der Waals surface area contributed by atoms with E-state index in [0.29, 0.717) is 11.4 Å². The molecule has 4 heteroatoms. The summed E-state index contributed by atoms with van der Waals surface area (Å²) in [4.78, 5) is 11.8. The molecule has 104 valence electrons. The second-order valence-electron chi connectivity index (χ2n) is 4.39. The SMILES string of the molecule is O=C(Nc1cccc(-c2ccco2)c1)Oc1ccccc1. The number of para-hydroxylation sites is 1. The van der Waals surface area contributed by atoms with E-state index >= 15 is 0 Å². The van der Waals surface area contributed by atoms with Crippen molar-refractivity contribution in [3.63, 3.8) is 0 Å². The third-order valence-electron chi connectivity index (χ3n) is 2.87. The Morgan fingerprint density at radius 3 is 2.57 bits per heavy atom. The van der Waals surface area contributed by atoms with Crippen LogP contribution in [0.1, 0.15) is 0 Å². The molecule has 0 radical (unpaired) electrons. The number of ether oxygens (including phenoxy) is 1. The third kappa shape index (κ3) is 3.30. The molecule has 2 aromatic carbocycles. The molecule has 1 aromatic heterocycles. The summed E-state index contributed by atoms with van der Waals surface area (Å²) in [7, 11) is 0. The first-order chi connectivity index (χ1) is 10.3. The van der Waals surface area contributed by atoms with Gasteiger partial charge in [0.1, 0.15) is 11.5 Å². The van der Waals surface area contributed by atoms with Gasteiger partial charge in [-0.05, 0) is 36.4 Å². The normalized spacial score (nSPS) is 10.1. The van der Waals surface area contributed by atoms with Gasteiger partial charge >= 0.3 is 6.09 Å². The van der Waals surface area contributed by atoms with Crippen LogP contribution in [0.25, 0.3) is 11.3 Å². The summed E-state index contributed by atoms with van der Waals surface area (Å²) in [5.74, 6) is 1.24. The Morgan fingerprint density at radius 2 is 1.81 bits per heavy atom. The van der Waals surface area contributed by atoms with E-state index in [9.17, 15) is 4.79 Å². The highest BCUT2D eigenvalue weighted by Crippen LogP contribution is 2.23. The van der Waals surface area contributed by atoms with Gasteiger partial charge in [0.15, 0.2) is 0 Å². The van der Waals surface area contributed by atoms with Crippen LogP contribution in [-0.4, -0.2) is 6.09 Å².